The highest BCUT2D eigenvalue weighted by atomic mass is 32.2. The summed E-state index contributed by atoms with van der Waals surface area (Å²) in [6, 6.07) is 15.6. The fraction of sp³-hybridized carbons (Fsp3) is 0.350. The van der Waals surface area contributed by atoms with Crippen LogP contribution in [-0.2, 0) is 0 Å². The SMILES string of the molecule is COc1ccc(C(CC(C)C)NC(=O)c2ccccc2SC)cc1. The number of nitrogens with one attached hydrogen (secondary N) is 1. The number of carbonyl (C=O) groups excluding carboxylic acids is 1. The second-order valence-electron chi connectivity index (χ2n) is 6.13. The Kier molecular flexibility index (Phi) is 6.73. The second-order valence-corrected chi connectivity index (χ2v) is 6.98. The van der Waals surface area contributed by atoms with Crippen LogP contribution in [-0.4, -0.2) is 19.3 Å². The van der Waals surface area contributed by atoms with Crippen molar-refractivity contribution in [2.45, 2.75) is 31.2 Å². The average Bonchev–Trinajstić information content (AvgIpc) is 2.60. The van der Waals surface area contributed by atoms with Crippen molar-refractivity contribution >= 4 is 17.7 Å². The molecule has 0 aliphatic carbocycles. The van der Waals surface area contributed by atoms with Crippen molar-refractivity contribution < 1.29 is 9.53 Å². The molecule has 128 valence electrons. The number of methoxy groups -OCH3 is 1. The van der Waals surface area contributed by atoms with Crippen molar-refractivity contribution in [3.63, 3.8) is 0 Å². The highest BCUT2D eigenvalue weighted by molar-refractivity contribution is 7.98. The van der Waals surface area contributed by atoms with Crippen molar-refractivity contribution in [1.82, 2.24) is 5.32 Å². The quantitative estimate of drug-likeness (QED) is 0.724. The average molecular weight is 343 g/mol. The zero-order valence-corrected chi connectivity index (χ0v) is 15.5. The summed E-state index contributed by atoms with van der Waals surface area (Å²) < 4.78 is 5.22. The van der Waals surface area contributed by atoms with Gasteiger partial charge in [0.25, 0.3) is 5.91 Å². The molecule has 0 aromatic heterocycles. The molecule has 2 aromatic rings. The van der Waals surface area contributed by atoms with Gasteiger partial charge in [-0.25, -0.2) is 0 Å². The highest BCUT2D eigenvalue weighted by Crippen LogP contribution is 2.25. The van der Waals surface area contributed by atoms with Gasteiger partial charge in [0.15, 0.2) is 0 Å². The Morgan fingerprint density at radius 2 is 1.79 bits per heavy atom. The molecule has 0 heterocycles. The third-order valence-corrected chi connectivity index (χ3v) is 4.68. The lowest BCUT2D eigenvalue weighted by Gasteiger charge is -2.22. The fourth-order valence-electron chi connectivity index (χ4n) is 2.65. The number of thioether (sulfide) groups is 1. The predicted octanol–water partition coefficient (Wildman–Crippen LogP) is 4.93. The summed E-state index contributed by atoms with van der Waals surface area (Å²) >= 11 is 1.59. The van der Waals surface area contributed by atoms with Gasteiger partial charge >= 0.3 is 0 Å². The Balaban J connectivity index is 2.23. The van der Waals surface area contributed by atoms with E-state index in [0.29, 0.717) is 5.92 Å². The molecule has 0 fully saturated rings. The van der Waals surface area contributed by atoms with Gasteiger partial charge in [-0.15, -0.1) is 11.8 Å². The van der Waals surface area contributed by atoms with E-state index in [1.807, 2.05) is 54.8 Å². The number of amides is 1. The summed E-state index contributed by atoms with van der Waals surface area (Å²) in [4.78, 5) is 13.8. The van der Waals surface area contributed by atoms with Gasteiger partial charge in [0.2, 0.25) is 0 Å². The standard InChI is InChI=1S/C20H25NO2S/c1-14(2)13-18(15-9-11-16(23-3)12-10-15)21-20(22)17-7-5-6-8-19(17)24-4/h5-12,14,18H,13H2,1-4H3,(H,21,22). The number of hydrogen-bond donors (Lipinski definition) is 1. The Bertz CT molecular complexity index is 668. The summed E-state index contributed by atoms with van der Waals surface area (Å²) in [5.74, 6) is 1.27. The van der Waals surface area contributed by atoms with E-state index in [4.69, 9.17) is 4.74 Å². The smallest absolute Gasteiger partial charge is 0.252 e. The first-order chi connectivity index (χ1) is 11.5. The summed E-state index contributed by atoms with van der Waals surface area (Å²) in [6.45, 7) is 4.33. The van der Waals surface area contributed by atoms with Gasteiger partial charge in [-0.1, -0.05) is 38.1 Å². The van der Waals surface area contributed by atoms with Crippen LogP contribution < -0.4 is 10.1 Å². The molecule has 2 rings (SSSR count). The van der Waals surface area contributed by atoms with Gasteiger partial charge in [0.1, 0.15) is 5.75 Å². The van der Waals surface area contributed by atoms with Crippen molar-refractivity contribution in [2.75, 3.05) is 13.4 Å². The lowest BCUT2D eigenvalue weighted by Crippen LogP contribution is -2.29. The Labute approximate surface area is 148 Å². The van der Waals surface area contributed by atoms with E-state index in [0.717, 1.165) is 28.2 Å². The maximum atomic E-state index is 12.8. The van der Waals surface area contributed by atoms with Gasteiger partial charge in [-0.3, -0.25) is 4.79 Å². The van der Waals surface area contributed by atoms with Crippen LogP contribution in [0.5, 0.6) is 5.75 Å². The van der Waals surface area contributed by atoms with Crippen LogP contribution in [0.25, 0.3) is 0 Å². The normalized spacial score (nSPS) is 12.0. The number of carbonyl (C=O) groups is 1. The van der Waals surface area contributed by atoms with Crippen molar-refractivity contribution in [1.29, 1.82) is 0 Å². The minimum absolute atomic E-state index is 0.0154. The van der Waals surface area contributed by atoms with E-state index < -0.39 is 0 Å². The van der Waals surface area contributed by atoms with E-state index in [1.165, 1.54) is 0 Å². The van der Waals surface area contributed by atoms with E-state index in [9.17, 15) is 4.79 Å². The van der Waals surface area contributed by atoms with E-state index >= 15 is 0 Å². The van der Waals surface area contributed by atoms with Crippen LogP contribution in [0.15, 0.2) is 53.4 Å². The molecule has 4 heteroatoms. The van der Waals surface area contributed by atoms with Crippen molar-refractivity contribution in [3.8, 4) is 5.75 Å². The molecule has 24 heavy (non-hydrogen) atoms. The first-order valence-corrected chi connectivity index (χ1v) is 9.35. The van der Waals surface area contributed by atoms with Crippen molar-refractivity contribution in [3.05, 3.63) is 59.7 Å². The summed E-state index contributed by atoms with van der Waals surface area (Å²) in [5, 5.41) is 3.20. The molecule has 0 bridgehead atoms. The van der Waals surface area contributed by atoms with E-state index in [1.54, 1.807) is 18.9 Å². The Morgan fingerprint density at radius 3 is 2.38 bits per heavy atom. The number of benzene rings is 2. The van der Waals surface area contributed by atoms with Crippen molar-refractivity contribution in [2.24, 2.45) is 5.92 Å². The van der Waals surface area contributed by atoms with Gasteiger partial charge < -0.3 is 10.1 Å². The lowest BCUT2D eigenvalue weighted by atomic mass is 9.96. The van der Waals surface area contributed by atoms with E-state index in [2.05, 4.69) is 19.2 Å². The first-order valence-electron chi connectivity index (χ1n) is 8.13. The zero-order chi connectivity index (χ0) is 17.5. The Morgan fingerprint density at radius 1 is 1.12 bits per heavy atom. The lowest BCUT2D eigenvalue weighted by molar-refractivity contribution is 0.0929. The fourth-order valence-corrected chi connectivity index (χ4v) is 3.25. The minimum atomic E-state index is -0.0265. The Hall–Kier alpha value is -1.94. The van der Waals surface area contributed by atoms with Gasteiger partial charge in [0, 0.05) is 4.90 Å². The van der Waals surface area contributed by atoms with E-state index in [-0.39, 0.29) is 11.9 Å². The molecule has 0 saturated carbocycles. The second kappa shape index (κ2) is 8.78. The van der Waals surface area contributed by atoms with Crippen LogP contribution in [0.4, 0.5) is 0 Å². The third kappa shape index (κ3) is 4.78. The van der Waals surface area contributed by atoms with Gasteiger partial charge in [0.05, 0.1) is 18.7 Å². The zero-order valence-electron chi connectivity index (χ0n) is 14.7. The topological polar surface area (TPSA) is 38.3 Å². The number of ether oxygens (including phenoxy) is 1. The third-order valence-electron chi connectivity index (χ3n) is 3.88. The molecule has 1 atom stereocenters. The molecule has 3 nitrogen and oxygen atoms in total. The maximum Gasteiger partial charge on any atom is 0.252 e. The number of rotatable bonds is 7. The molecule has 0 spiro atoms. The first kappa shape index (κ1) is 18.4. The maximum absolute atomic E-state index is 12.8. The van der Waals surface area contributed by atoms with Crippen LogP contribution in [0.3, 0.4) is 0 Å². The minimum Gasteiger partial charge on any atom is -0.497 e. The van der Waals surface area contributed by atoms with Crippen LogP contribution in [0, 0.1) is 5.92 Å². The summed E-state index contributed by atoms with van der Waals surface area (Å²) in [6.07, 6.45) is 2.88. The van der Waals surface area contributed by atoms with Crippen LogP contribution in [0.2, 0.25) is 0 Å². The molecule has 0 radical (unpaired) electrons. The highest BCUT2D eigenvalue weighted by Gasteiger charge is 2.19. The molecule has 1 unspecified atom stereocenters. The van der Waals surface area contributed by atoms with Crippen LogP contribution >= 0.6 is 11.8 Å². The molecule has 2 aromatic carbocycles. The molecule has 1 N–H and O–H groups in total. The summed E-state index contributed by atoms with van der Waals surface area (Å²) in [5.41, 5.74) is 1.83. The molecule has 0 aliphatic heterocycles. The predicted molar refractivity (Wildman–Crippen MR) is 101 cm³/mol. The monoisotopic (exact) mass is 343 g/mol. The molecule has 1 amide bonds. The summed E-state index contributed by atoms with van der Waals surface area (Å²) in [7, 11) is 1.65. The molecular formula is C20H25NO2S. The molecular weight excluding hydrogens is 318 g/mol. The van der Waals surface area contributed by atoms with Crippen LogP contribution in [0.1, 0.15) is 42.2 Å². The molecule has 0 aliphatic rings. The largest absolute Gasteiger partial charge is 0.497 e. The van der Waals surface area contributed by atoms with Gasteiger partial charge in [-0.05, 0) is 48.4 Å². The number of hydrogen-bond acceptors (Lipinski definition) is 3. The van der Waals surface area contributed by atoms with Gasteiger partial charge in [-0.2, -0.15) is 0 Å². The molecule has 0 saturated heterocycles.